The van der Waals surface area contributed by atoms with E-state index in [9.17, 15) is 0 Å². The second-order valence-electron chi connectivity index (χ2n) is 5.85. The van der Waals surface area contributed by atoms with Gasteiger partial charge in [-0.3, -0.25) is 0 Å². The number of hydrogen-bond donors (Lipinski definition) is 0. The van der Waals surface area contributed by atoms with Gasteiger partial charge in [-0.1, -0.05) is 72.8 Å². The molecule has 0 N–H and O–H groups in total. The monoisotopic (exact) mass is 258 g/mol. The van der Waals surface area contributed by atoms with Gasteiger partial charge in [-0.15, -0.1) is 0 Å². The summed E-state index contributed by atoms with van der Waals surface area (Å²) in [6.07, 6.45) is 7.41. The third-order valence-corrected chi connectivity index (χ3v) is 4.58. The molecule has 0 radical (unpaired) electrons. The zero-order valence-electron chi connectivity index (χ0n) is 11.5. The number of hydrogen-bond acceptors (Lipinski definition) is 0. The van der Waals surface area contributed by atoms with Gasteiger partial charge in [-0.05, 0) is 47.0 Å². The summed E-state index contributed by atoms with van der Waals surface area (Å²) in [6, 6.07) is 21.6. The van der Waals surface area contributed by atoms with Crippen molar-refractivity contribution >= 4 is 11.1 Å². The molecular formula is C20H18. The second kappa shape index (κ2) is 4.79. The van der Waals surface area contributed by atoms with Crippen molar-refractivity contribution in [3.63, 3.8) is 0 Å². The lowest BCUT2D eigenvalue weighted by Gasteiger charge is -2.05. The van der Waals surface area contributed by atoms with Gasteiger partial charge in [-0.2, -0.15) is 0 Å². The minimum Gasteiger partial charge on any atom is -0.0767 e. The molecule has 2 aliphatic carbocycles. The van der Waals surface area contributed by atoms with Gasteiger partial charge >= 0.3 is 0 Å². The van der Waals surface area contributed by atoms with E-state index in [2.05, 4.69) is 72.8 Å². The summed E-state index contributed by atoms with van der Waals surface area (Å²) in [7, 11) is 0. The van der Waals surface area contributed by atoms with Crippen LogP contribution in [0.5, 0.6) is 0 Å². The van der Waals surface area contributed by atoms with Crippen LogP contribution in [0.1, 0.15) is 24.0 Å². The molecule has 98 valence electrons. The second-order valence-corrected chi connectivity index (χ2v) is 5.85. The highest BCUT2D eigenvalue weighted by Crippen LogP contribution is 2.47. The molecule has 0 bridgehead atoms. The van der Waals surface area contributed by atoms with Crippen molar-refractivity contribution < 1.29 is 0 Å². The maximum Gasteiger partial charge on any atom is -0.0120 e. The van der Waals surface area contributed by atoms with Crippen molar-refractivity contribution in [1.29, 1.82) is 0 Å². The number of fused-ring (bicyclic) bond motifs is 1. The fourth-order valence-electron chi connectivity index (χ4n) is 3.56. The zero-order chi connectivity index (χ0) is 13.4. The van der Waals surface area contributed by atoms with Crippen LogP contribution in [0.2, 0.25) is 0 Å². The quantitative estimate of drug-likeness (QED) is 0.695. The first-order chi connectivity index (χ1) is 9.90. The molecule has 0 unspecified atom stereocenters. The Balaban J connectivity index is 1.56. The van der Waals surface area contributed by atoms with E-state index >= 15 is 0 Å². The molecule has 0 saturated carbocycles. The van der Waals surface area contributed by atoms with Crippen LogP contribution < -0.4 is 0 Å². The Labute approximate surface area is 120 Å². The molecule has 0 nitrogen and oxygen atoms in total. The van der Waals surface area contributed by atoms with Crippen LogP contribution in [0.25, 0.3) is 11.1 Å². The summed E-state index contributed by atoms with van der Waals surface area (Å²) in [6.45, 7) is 0. The SMILES string of the molecule is C1=C(c2ccccc2)C[C@@H]2C=C(c3ccccc3)C[C@H]12. The number of benzene rings is 2. The van der Waals surface area contributed by atoms with Gasteiger partial charge in [0.1, 0.15) is 0 Å². The van der Waals surface area contributed by atoms with Crippen LogP contribution in [0.4, 0.5) is 0 Å². The summed E-state index contributed by atoms with van der Waals surface area (Å²) in [5.41, 5.74) is 5.86. The molecule has 2 aliphatic rings. The lowest BCUT2D eigenvalue weighted by atomic mass is 9.98. The molecule has 2 aromatic rings. The van der Waals surface area contributed by atoms with Crippen LogP contribution >= 0.6 is 0 Å². The fraction of sp³-hybridized carbons (Fsp3) is 0.200. The highest BCUT2D eigenvalue weighted by atomic mass is 14.4. The van der Waals surface area contributed by atoms with E-state index < -0.39 is 0 Å². The van der Waals surface area contributed by atoms with E-state index in [1.54, 1.807) is 0 Å². The predicted molar refractivity (Wildman–Crippen MR) is 85.1 cm³/mol. The zero-order valence-corrected chi connectivity index (χ0v) is 11.5. The van der Waals surface area contributed by atoms with Gasteiger partial charge in [0, 0.05) is 0 Å². The maximum absolute atomic E-state index is 2.51. The van der Waals surface area contributed by atoms with Crippen molar-refractivity contribution in [2.45, 2.75) is 12.8 Å². The van der Waals surface area contributed by atoms with Gasteiger partial charge < -0.3 is 0 Å². The summed E-state index contributed by atoms with van der Waals surface area (Å²) in [5, 5.41) is 0. The highest BCUT2D eigenvalue weighted by Gasteiger charge is 2.32. The Morgan fingerprint density at radius 3 is 1.35 bits per heavy atom. The van der Waals surface area contributed by atoms with Crippen molar-refractivity contribution in [2.75, 3.05) is 0 Å². The molecule has 0 heteroatoms. The van der Waals surface area contributed by atoms with E-state index in [4.69, 9.17) is 0 Å². The van der Waals surface area contributed by atoms with Crippen LogP contribution in [0.15, 0.2) is 72.8 Å². The lowest BCUT2D eigenvalue weighted by Crippen LogP contribution is -1.97. The van der Waals surface area contributed by atoms with E-state index in [0.29, 0.717) is 11.8 Å². The Kier molecular flexibility index (Phi) is 2.81. The average Bonchev–Trinajstić information content (AvgIpc) is 3.08. The molecule has 4 rings (SSSR count). The van der Waals surface area contributed by atoms with Gasteiger partial charge in [0.15, 0.2) is 0 Å². The molecule has 2 aromatic carbocycles. The molecule has 0 spiro atoms. The topological polar surface area (TPSA) is 0 Å². The third-order valence-electron chi connectivity index (χ3n) is 4.58. The molecule has 0 saturated heterocycles. The maximum atomic E-state index is 2.51. The Bertz CT molecular complexity index is 600. The standard InChI is InChI=1S/C20H18/c1-3-7-15(8-4-1)17-11-19-13-18(14-20(19)12-17)16-9-5-2-6-10-16/h1-11,14,19-20H,12-13H2/t19-,20+/m0/s1. The lowest BCUT2D eigenvalue weighted by molar-refractivity contribution is 0.555. The Morgan fingerprint density at radius 1 is 0.550 bits per heavy atom. The van der Waals surface area contributed by atoms with Crippen molar-refractivity contribution in [3.8, 4) is 0 Å². The molecule has 0 amide bonds. The van der Waals surface area contributed by atoms with E-state index in [0.717, 1.165) is 0 Å². The molecular weight excluding hydrogens is 240 g/mol. The third kappa shape index (κ3) is 2.02. The smallest absolute Gasteiger partial charge is 0.0120 e. The number of rotatable bonds is 2. The normalized spacial score (nSPS) is 24.2. The summed E-state index contributed by atoms with van der Waals surface area (Å²) in [5.74, 6) is 1.42. The van der Waals surface area contributed by atoms with Crippen LogP contribution in [-0.2, 0) is 0 Å². The van der Waals surface area contributed by atoms with Gasteiger partial charge in [0.05, 0.1) is 0 Å². The fourth-order valence-corrected chi connectivity index (χ4v) is 3.56. The molecule has 0 aromatic heterocycles. The largest absolute Gasteiger partial charge is 0.0767 e. The Hall–Kier alpha value is -2.08. The minimum atomic E-state index is 0.709. The predicted octanol–water partition coefficient (Wildman–Crippen LogP) is 5.19. The molecule has 0 heterocycles. The van der Waals surface area contributed by atoms with Crippen LogP contribution in [0, 0.1) is 11.8 Å². The van der Waals surface area contributed by atoms with Crippen LogP contribution in [0.3, 0.4) is 0 Å². The van der Waals surface area contributed by atoms with Crippen LogP contribution in [-0.4, -0.2) is 0 Å². The first-order valence-corrected chi connectivity index (χ1v) is 7.42. The Morgan fingerprint density at radius 2 is 0.950 bits per heavy atom. The molecule has 0 aliphatic heterocycles. The first kappa shape index (κ1) is 11.7. The molecule has 0 fully saturated rings. The molecule has 2 atom stereocenters. The average molecular weight is 258 g/mol. The van der Waals surface area contributed by atoms with Gasteiger partial charge in [0.2, 0.25) is 0 Å². The summed E-state index contributed by atoms with van der Waals surface area (Å²) in [4.78, 5) is 0. The van der Waals surface area contributed by atoms with Crippen molar-refractivity contribution in [2.24, 2.45) is 11.8 Å². The van der Waals surface area contributed by atoms with E-state index in [1.165, 1.54) is 35.1 Å². The first-order valence-electron chi connectivity index (χ1n) is 7.42. The number of allylic oxidation sites excluding steroid dienone is 4. The van der Waals surface area contributed by atoms with Gasteiger partial charge in [0.25, 0.3) is 0 Å². The summed E-state index contributed by atoms with van der Waals surface area (Å²) < 4.78 is 0. The highest BCUT2D eigenvalue weighted by molar-refractivity contribution is 5.74. The molecule has 20 heavy (non-hydrogen) atoms. The minimum absolute atomic E-state index is 0.709. The van der Waals surface area contributed by atoms with Crippen molar-refractivity contribution in [3.05, 3.63) is 83.9 Å². The van der Waals surface area contributed by atoms with E-state index in [-0.39, 0.29) is 0 Å². The van der Waals surface area contributed by atoms with Crippen molar-refractivity contribution in [1.82, 2.24) is 0 Å². The van der Waals surface area contributed by atoms with Gasteiger partial charge in [-0.25, -0.2) is 0 Å². The van der Waals surface area contributed by atoms with E-state index in [1.807, 2.05) is 0 Å². The summed E-state index contributed by atoms with van der Waals surface area (Å²) >= 11 is 0.